The fourth-order valence-corrected chi connectivity index (χ4v) is 1.73. The van der Waals surface area contributed by atoms with Crippen molar-refractivity contribution >= 4 is 5.82 Å². The Morgan fingerprint density at radius 1 is 1.06 bits per heavy atom. The zero-order chi connectivity index (χ0) is 12.6. The van der Waals surface area contributed by atoms with Crippen LogP contribution in [0.1, 0.15) is 12.0 Å². The molecule has 0 fully saturated rings. The minimum atomic E-state index is 0.676. The van der Waals surface area contributed by atoms with Crippen LogP contribution in [0.15, 0.2) is 48.5 Å². The highest BCUT2D eigenvalue weighted by Gasteiger charge is 1.97. The third kappa shape index (κ3) is 3.77. The maximum Gasteiger partial charge on any atom is 0.215 e. The summed E-state index contributed by atoms with van der Waals surface area (Å²) in [6.45, 7) is 0.690. The van der Waals surface area contributed by atoms with Crippen LogP contribution in [-0.2, 0) is 6.42 Å². The van der Waals surface area contributed by atoms with Gasteiger partial charge in [-0.15, -0.1) is 0 Å². The van der Waals surface area contributed by atoms with Crippen molar-refractivity contribution in [3.05, 3.63) is 54.1 Å². The monoisotopic (exact) mass is 242 g/mol. The summed E-state index contributed by atoms with van der Waals surface area (Å²) in [5.41, 5.74) is 1.35. The van der Waals surface area contributed by atoms with Crippen molar-refractivity contribution in [3.63, 3.8) is 0 Å². The van der Waals surface area contributed by atoms with E-state index in [0.29, 0.717) is 12.5 Å². The normalized spacial score (nSPS) is 10.1. The van der Waals surface area contributed by atoms with Crippen molar-refractivity contribution in [2.24, 2.45) is 0 Å². The average Bonchev–Trinajstić information content (AvgIpc) is 2.45. The maximum atomic E-state index is 5.62. The molecule has 0 amide bonds. The quantitative estimate of drug-likeness (QED) is 0.790. The first-order valence-corrected chi connectivity index (χ1v) is 6.20. The summed E-state index contributed by atoms with van der Waals surface area (Å²) in [5.74, 6) is 1.51. The first-order valence-electron chi connectivity index (χ1n) is 6.20. The van der Waals surface area contributed by atoms with Gasteiger partial charge in [-0.05, 0) is 24.5 Å². The van der Waals surface area contributed by atoms with Crippen molar-refractivity contribution in [1.29, 1.82) is 0 Å². The molecule has 0 bridgehead atoms. The second-order valence-corrected chi connectivity index (χ2v) is 4.05. The van der Waals surface area contributed by atoms with E-state index in [1.54, 1.807) is 0 Å². The van der Waals surface area contributed by atoms with Crippen LogP contribution < -0.4 is 10.1 Å². The van der Waals surface area contributed by atoms with Crippen molar-refractivity contribution in [2.45, 2.75) is 12.8 Å². The molecule has 0 spiro atoms. The number of aryl methyl sites for hydroxylation is 1. The van der Waals surface area contributed by atoms with Gasteiger partial charge in [-0.2, -0.15) is 4.98 Å². The van der Waals surface area contributed by atoms with Gasteiger partial charge in [0.2, 0.25) is 5.88 Å². The second kappa shape index (κ2) is 6.64. The van der Waals surface area contributed by atoms with Crippen LogP contribution in [0, 0.1) is 0 Å². The van der Waals surface area contributed by atoms with E-state index >= 15 is 0 Å². The molecule has 0 radical (unpaired) electrons. The lowest BCUT2D eigenvalue weighted by Crippen LogP contribution is -2.02. The van der Waals surface area contributed by atoms with Crippen LogP contribution in [0.5, 0.6) is 5.88 Å². The molecule has 2 aromatic rings. The van der Waals surface area contributed by atoms with Crippen molar-refractivity contribution in [1.82, 2.24) is 4.98 Å². The minimum Gasteiger partial charge on any atom is -0.478 e. The molecule has 0 atom stereocenters. The van der Waals surface area contributed by atoms with Crippen molar-refractivity contribution in [2.75, 3.05) is 19.0 Å². The summed E-state index contributed by atoms with van der Waals surface area (Å²) >= 11 is 0. The molecule has 0 saturated heterocycles. The Morgan fingerprint density at radius 3 is 2.67 bits per heavy atom. The van der Waals surface area contributed by atoms with Gasteiger partial charge >= 0.3 is 0 Å². The lowest BCUT2D eigenvalue weighted by Gasteiger charge is -2.06. The summed E-state index contributed by atoms with van der Waals surface area (Å²) in [6, 6.07) is 16.2. The van der Waals surface area contributed by atoms with Gasteiger partial charge in [0.05, 0.1) is 6.61 Å². The number of nitrogens with one attached hydrogen (secondary N) is 1. The maximum absolute atomic E-state index is 5.62. The summed E-state index contributed by atoms with van der Waals surface area (Å²) in [7, 11) is 1.85. The molecule has 1 aromatic carbocycles. The molecular weight excluding hydrogens is 224 g/mol. The van der Waals surface area contributed by atoms with Gasteiger partial charge in [-0.3, -0.25) is 0 Å². The summed E-state index contributed by atoms with van der Waals surface area (Å²) in [6.07, 6.45) is 2.03. The van der Waals surface area contributed by atoms with Gasteiger partial charge in [0.1, 0.15) is 5.82 Å². The third-order valence-electron chi connectivity index (χ3n) is 2.68. The van der Waals surface area contributed by atoms with Gasteiger partial charge in [-0.1, -0.05) is 36.4 Å². The van der Waals surface area contributed by atoms with Gasteiger partial charge in [-0.25, -0.2) is 0 Å². The lowest BCUT2D eigenvalue weighted by atomic mass is 10.1. The van der Waals surface area contributed by atoms with E-state index < -0.39 is 0 Å². The zero-order valence-corrected chi connectivity index (χ0v) is 10.6. The first-order chi connectivity index (χ1) is 8.88. The van der Waals surface area contributed by atoms with Gasteiger partial charge in [0.25, 0.3) is 0 Å². The Bertz CT molecular complexity index is 471. The average molecular weight is 242 g/mol. The number of ether oxygens (including phenoxy) is 1. The number of hydrogen-bond acceptors (Lipinski definition) is 3. The Hall–Kier alpha value is -2.03. The van der Waals surface area contributed by atoms with E-state index in [-0.39, 0.29) is 0 Å². The highest BCUT2D eigenvalue weighted by atomic mass is 16.5. The van der Waals surface area contributed by atoms with Gasteiger partial charge in [0, 0.05) is 13.1 Å². The molecule has 0 aliphatic carbocycles. The molecule has 3 heteroatoms. The van der Waals surface area contributed by atoms with E-state index in [4.69, 9.17) is 4.74 Å². The topological polar surface area (TPSA) is 34.1 Å². The van der Waals surface area contributed by atoms with Crippen LogP contribution in [-0.4, -0.2) is 18.6 Å². The summed E-state index contributed by atoms with van der Waals surface area (Å²) < 4.78 is 5.62. The molecule has 1 N–H and O–H groups in total. The van der Waals surface area contributed by atoms with Gasteiger partial charge in [0.15, 0.2) is 0 Å². The SMILES string of the molecule is CNc1cccc(OCCCc2ccccc2)n1. The van der Waals surface area contributed by atoms with Crippen LogP contribution in [0.2, 0.25) is 0 Å². The van der Waals surface area contributed by atoms with E-state index in [9.17, 15) is 0 Å². The largest absolute Gasteiger partial charge is 0.478 e. The molecule has 2 rings (SSSR count). The molecule has 0 aliphatic rings. The Morgan fingerprint density at radius 2 is 1.89 bits per heavy atom. The van der Waals surface area contributed by atoms with Crippen LogP contribution in [0.4, 0.5) is 5.82 Å². The molecule has 0 unspecified atom stereocenters. The third-order valence-corrected chi connectivity index (χ3v) is 2.68. The fraction of sp³-hybridized carbons (Fsp3) is 0.267. The molecule has 0 aliphatic heterocycles. The molecule has 94 valence electrons. The van der Waals surface area contributed by atoms with E-state index in [1.165, 1.54) is 5.56 Å². The molecule has 1 aromatic heterocycles. The van der Waals surface area contributed by atoms with Crippen LogP contribution in [0.3, 0.4) is 0 Å². The Balaban J connectivity index is 1.75. The summed E-state index contributed by atoms with van der Waals surface area (Å²) in [5, 5.41) is 2.99. The molecule has 18 heavy (non-hydrogen) atoms. The molecular formula is C15H18N2O. The fourth-order valence-electron chi connectivity index (χ4n) is 1.73. The zero-order valence-electron chi connectivity index (χ0n) is 10.6. The van der Waals surface area contributed by atoms with Crippen molar-refractivity contribution in [3.8, 4) is 5.88 Å². The Kier molecular flexibility index (Phi) is 4.59. The first kappa shape index (κ1) is 12.4. The molecule has 0 saturated carbocycles. The van der Waals surface area contributed by atoms with Gasteiger partial charge < -0.3 is 10.1 Å². The predicted octanol–water partition coefficient (Wildman–Crippen LogP) is 3.13. The number of anilines is 1. The number of nitrogens with zero attached hydrogens (tertiary/aromatic N) is 1. The highest BCUT2D eigenvalue weighted by molar-refractivity contribution is 5.35. The number of hydrogen-bond donors (Lipinski definition) is 1. The summed E-state index contributed by atoms with van der Waals surface area (Å²) in [4.78, 5) is 4.30. The van der Waals surface area contributed by atoms with Crippen molar-refractivity contribution < 1.29 is 4.74 Å². The minimum absolute atomic E-state index is 0.676. The second-order valence-electron chi connectivity index (χ2n) is 4.05. The number of benzene rings is 1. The number of rotatable bonds is 6. The van der Waals surface area contributed by atoms with E-state index in [2.05, 4.69) is 34.6 Å². The van der Waals surface area contributed by atoms with Crippen LogP contribution in [0.25, 0.3) is 0 Å². The smallest absolute Gasteiger partial charge is 0.215 e. The highest BCUT2D eigenvalue weighted by Crippen LogP contribution is 2.11. The van der Waals surface area contributed by atoms with Crippen LogP contribution >= 0.6 is 0 Å². The Labute approximate surface area is 108 Å². The molecule has 1 heterocycles. The molecule has 3 nitrogen and oxygen atoms in total. The van der Waals surface area contributed by atoms with E-state index in [1.807, 2.05) is 31.3 Å². The van der Waals surface area contributed by atoms with E-state index in [0.717, 1.165) is 18.7 Å². The number of aromatic nitrogens is 1. The number of pyridine rings is 1. The standard InChI is InChI=1S/C15H18N2O/c1-16-14-10-5-11-15(17-14)18-12-6-9-13-7-3-2-4-8-13/h2-5,7-8,10-11H,6,9,12H2,1H3,(H,16,17). The predicted molar refractivity (Wildman–Crippen MR) is 74.0 cm³/mol. The lowest BCUT2D eigenvalue weighted by molar-refractivity contribution is 0.300.